The van der Waals surface area contributed by atoms with Crippen LogP contribution in [0.3, 0.4) is 0 Å². The third kappa shape index (κ3) is 3.36. The van der Waals surface area contributed by atoms with Gasteiger partial charge in [0.05, 0.1) is 0 Å². The number of hydrogen-bond donors (Lipinski definition) is 1. The van der Waals surface area contributed by atoms with E-state index in [2.05, 4.69) is 6.92 Å². The second-order valence-electron chi connectivity index (χ2n) is 3.79. The van der Waals surface area contributed by atoms with Crippen molar-refractivity contribution in [1.82, 2.24) is 0 Å². The van der Waals surface area contributed by atoms with Crippen molar-refractivity contribution in [2.75, 3.05) is 0 Å². The lowest BCUT2D eigenvalue weighted by atomic mass is 9.82. The molecule has 1 fully saturated rings. The van der Waals surface area contributed by atoms with E-state index in [1.165, 1.54) is 37.3 Å². The number of carbonyl (C=O) groups is 1. The van der Waals surface area contributed by atoms with Crippen LogP contribution in [0.2, 0.25) is 0 Å². The molecule has 1 aliphatic rings. The van der Waals surface area contributed by atoms with E-state index < -0.39 is 5.97 Å². The zero-order chi connectivity index (χ0) is 10.4. The van der Waals surface area contributed by atoms with E-state index in [-0.39, 0.29) is 0 Å². The first-order valence-corrected chi connectivity index (χ1v) is 5.34. The summed E-state index contributed by atoms with van der Waals surface area (Å²) in [6, 6.07) is 0. The molecule has 1 unspecified atom stereocenters. The van der Waals surface area contributed by atoms with Crippen LogP contribution in [0, 0.1) is 5.92 Å². The minimum absolute atomic E-state index is 0.683. The van der Waals surface area contributed by atoms with Crippen molar-refractivity contribution < 1.29 is 9.90 Å². The summed E-state index contributed by atoms with van der Waals surface area (Å²) in [6.07, 6.45) is 11.0. The average Bonchev–Trinajstić information content (AvgIpc) is 2.18. The van der Waals surface area contributed by atoms with Gasteiger partial charge in [0.15, 0.2) is 0 Å². The first kappa shape index (κ1) is 11.0. The number of rotatable bonds is 3. The number of carboxylic acids is 1. The summed E-state index contributed by atoms with van der Waals surface area (Å²) in [6.45, 7) is 2.20. The first-order chi connectivity index (χ1) is 6.74. The lowest BCUT2D eigenvalue weighted by Crippen LogP contribution is -2.08. The van der Waals surface area contributed by atoms with Gasteiger partial charge in [0.1, 0.15) is 0 Å². The van der Waals surface area contributed by atoms with Crippen molar-refractivity contribution in [1.29, 1.82) is 0 Å². The Labute approximate surface area is 85.3 Å². The summed E-state index contributed by atoms with van der Waals surface area (Å²) in [7, 11) is 0. The van der Waals surface area contributed by atoms with Gasteiger partial charge >= 0.3 is 5.97 Å². The first-order valence-electron chi connectivity index (χ1n) is 5.34. The van der Waals surface area contributed by atoms with Gasteiger partial charge < -0.3 is 5.11 Å². The van der Waals surface area contributed by atoms with Gasteiger partial charge in [-0.15, -0.1) is 0 Å². The summed E-state index contributed by atoms with van der Waals surface area (Å²) in [5, 5.41) is 8.45. The smallest absolute Gasteiger partial charge is 0.328 e. The monoisotopic (exact) mass is 194 g/mol. The molecule has 1 rings (SSSR count). The van der Waals surface area contributed by atoms with Crippen molar-refractivity contribution >= 4 is 5.97 Å². The molecule has 2 heteroatoms. The van der Waals surface area contributed by atoms with Gasteiger partial charge in [-0.3, -0.25) is 0 Å². The fourth-order valence-electron chi connectivity index (χ4n) is 2.05. The van der Waals surface area contributed by atoms with Crippen LogP contribution < -0.4 is 0 Å². The Bertz CT molecular complexity index is 251. The second kappa shape index (κ2) is 5.63. The quantitative estimate of drug-likeness (QED) is 0.701. The molecule has 0 aromatic heterocycles. The molecule has 1 N–H and O–H groups in total. The Hall–Kier alpha value is -1.05. The fourth-order valence-corrected chi connectivity index (χ4v) is 2.05. The molecule has 0 heterocycles. The van der Waals surface area contributed by atoms with Gasteiger partial charge in [-0.1, -0.05) is 31.1 Å². The summed E-state index contributed by atoms with van der Waals surface area (Å²) in [4.78, 5) is 10.3. The summed E-state index contributed by atoms with van der Waals surface area (Å²) in [5.41, 5.74) is 1.43. The summed E-state index contributed by atoms with van der Waals surface area (Å²) in [5.74, 6) is -0.187. The van der Waals surface area contributed by atoms with E-state index in [1.54, 1.807) is 6.08 Å². The largest absolute Gasteiger partial charge is 0.478 e. The number of allylic oxidation sites excluding steroid dienone is 3. The maximum absolute atomic E-state index is 10.3. The van der Waals surface area contributed by atoms with Gasteiger partial charge in [0, 0.05) is 6.08 Å². The Morgan fingerprint density at radius 3 is 3.00 bits per heavy atom. The predicted octanol–water partition coefficient (Wildman–Crippen LogP) is 3.15. The zero-order valence-corrected chi connectivity index (χ0v) is 8.70. The molecule has 1 aliphatic carbocycles. The molecule has 0 aromatic rings. The van der Waals surface area contributed by atoms with E-state index in [9.17, 15) is 4.79 Å². The Morgan fingerprint density at radius 2 is 2.36 bits per heavy atom. The molecule has 1 saturated carbocycles. The number of aliphatic carboxylic acids is 1. The lowest BCUT2D eigenvalue weighted by molar-refractivity contribution is -0.131. The Kier molecular flexibility index (Phi) is 4.44. The molecule has 0 radical (unpaired) electrons. The predicted molar refractivity (Wildman–Crippen MR) is 57.1 cm³/mol. The number of hydrogen-bond acceptors (Lipinski definition) is 1. The van der Waals surface area contributed by atoms with Gasteiger partial charge in [-0.25, -0.2) is 4.79 Å². The van der Waals surface area contributed by atoms with Crippen LogP contribution in [-0.2, 0) is 4.79 Å². The lowest BCUT2D eigenvalue weighted by Gasteiger charge is -2.23. The molecular weight excluding hydrogens is 176 g/mol. The topological polar surface area (TPSA) is 37.3 Å². The van der Waals surface area contributed by atoms with E-state index in [1.807, 2.05) is 6.08 Å². The highest BCUT2D eigenvalue weighted by Crippen LogP contribution is 2.31. The van der Waals surface area contributed by atoms with E-state index >= 15 is 0 Å². The molecule has 0 aromatic carbocycles. The van der Waals surface area contributed by atoms with E-state index in [0.717, 1.165) is 6.42 Å². The standard InChI is InChI=1S/C12H18O2/c1-2-10-6-3-4-7-11(10)8-5-9-12(13)14/h5,8-10H,2-4,6-7H2,1H3,(H,13,14)/b9-5+,11-8+. The molecule has 14 heavy (non-hydrogen) atoms. The van der Waals surface area contributed by atoms with Crippen LogP contribution in [0.15, 0.2) is 23.8 Å². The number of carboxylic acid groups (broad SMARTS) is 1. The molecule has 0 amide bonds. The van der Waals surface area contributed by atoms with Gasteiger partial charge in [-0.2, -0.15) is 0 Å². The summed E-state index contributed by atoms with van der Waals surface area (Å²) >= 11 is 0. The molecule has 0 spiro atoms. The SMILES string of the molecule is CCC1CCCC/C1=C\C=C\C(=O)O. The molecule has 0 bridgehead atoms. The average molecular weight is 194 g/mol. The molecule has 2 nitrogen and oxygen atoms in total. The van der Waals surface area contributed by atoms with Crippen LogP contribution in [0.5, 0.6) is 0 Å². The van der Waals surface area contributed by atoms with Crippen LogP contribution in [-0.4, -0.2) is 11.1 Å². The molecule has 0 saturated heterocycles. The van der Waals surface area contributed by atoms with Crippen molar-refractivity contribution in [3.63, 3.8) is 0 Å². The highest BCUT2D eigenvalue weighted by molar-refractivity contribution is 5.80. The maximum atomic E-state index is 10.3. The van der Waals surface area contributed by atoms with Gasteiger partial charge in [0.2, 0.25) is 0 Å². The van der Waals surface area contributed by atoms with Crippen LogP contribution >= 0.6 is 0 Å². The van der Waals surface area contributed by atoms with Crippen molar-refractivity contribution in [2.24, 2.45) is 5.92 Å². The zero-order valence-electron chi connectivity index (χ0n) is 8.70. The van der Waals surface area contributed by atoms with Crippen LogP contribution in [0.4, 0.5) is 0 Å². The third-order valence-electron chi connectivity index (χ3n) is 2.83. The molecule has 1 atom stereocenters. The molecule has 0 aliphatic heterocycles. The normalized spacial score (nSPS) is 25.8. The van der Waals surface area contributed by atoms with E-state index in [0.29, 0.717) is 5.92 Å². The van der Waals surface area contributed by atoms with Crippen molar-refractivity contribution in [3.05, 3.63) is 23.8 Å². The third-order valence-corrected chi connectivity index (χ3v) is 2.83. The Balaban J connectivity index is 2.58. The Morgan fingerprint density at radius 1 is 1.57 bits per heavy atom. The van der Waals surface area contributed by atoms with E-state index in [4.69, 9.17) is 5.11 Å². The van der Waals surface area contributed by atoms with Crippen molar-refractivity contribution in [3.8, 4) is 0 Å². The van der Waals surface area contributed by atoms with Crippen LogP contribution in [0.1, 0.15) is 39.0 Å². The van der Waals surface area contributed by atoms with Gasteiger partial charge in [-0.05, 0) is 31.6 Å². The molecule has 78 valence electrons. The highest BCUT2D eigenvalue weighted by Gasteiger charge is 2.15. The second-order valence-corrected chi connectivity index (χ2v) is 3.79. The fraction of sp³-hybridized carbons (Fsp3) is 0.583. The molecular formula is C12H18O2. The highest BCUT2D eigenvalue weighted by atomic mass is 16.4. The minimum atomic E-state index is -0.870. The van der Waals surface area contributed by atoms with Crippen molar-refractivity contribution in [2.45, 2.75) is 39.0 Å². The van der Waals surface area contributed by atoms with Crippen LogP contribution in [0.25, 0.3) is 0 Å². The van der Waals surface area contributed by atoms with Gasteiger partial charge in [0.25, 0.3) is 0 Å². The maximum Gasteiger partial charge on any atom is 0.328 e. The minimum Gasteiger partial charge on any atom is -0.478 e. The summed E-state index contributed by atoms with van der Waals surface area (Å²) < 4.78 is 0.